The summed E-state index contributed by atoms with van der Waals surface area (Å²) in [5.74, 6) is -9.68. The molecule has 3 aromatic carbocycles. The smallest absolute Gasteiger partial charge is 0.419 e. The van der Waals surface area contributed by atoms with Crippen LogP contribution in [0.2, 0.25) is 0 Å². The van der Waals surface area contributed by atoms with Crippen molar-refractivity contribution in [2.24, 2.45) is 11.7 Å². The number of rotatable bonds is 24. The van der Waals surface area contributed by atoms with E-state index >= 15 is 24.0 Å². The number of carbonyl (C=O) groups excluding carboxylic acids is 12. The van der Waals surface area contributed by atoms with Crippen molar-refractivity contribution in [3.8, 4) is 5.75 Å². The van der Waals surface area contributed by atoms with E-state index in [1.165, 1.54) is 17.7 Å². The Morgan fingerprint density at radius 1 is 0.619 bits per heavy atom. The lowest BCUT2D eigenvalue weighted by Gasteiger charge is -2.33. The number of ketones is 2. The Morgan fingerprint density at radius 2 is 1.22 bits per heavy atom. The topological polar surface area (TPSA) is 378 Å². The SMILES string of the molecule is CCCCC(=O)[C@H](NC(=O)[C@@H]1CSSC[C@H](NC(=O)[C@@H](Cc2ccccc2)NC(=O)OC(C)(C)C)C(=O)C[C@@H](Cc2ccc(OC(C)(C)C)cc2)C(=O)N[C@H](Cc2cn(C(=O)OC(C)(C)C)c3ccccc23)C(=O)N[C@@H](CCCCNC(=O)OC(C)(C)C)C(=O)N[C@@H]([C@@H](C)OC(C)(C)C)C(=O)N1)C(N)=O. The van der Waals surface area contributed by atoms with Crippen molar-refractivity contribution in [1.82, 2.24) is 47.1 Å². The molecule has 10 N–H and O–H groups in total. The van der Waals surface area contributed by atoms with Gasteiger partial charge in [0, 0.05) is 61.2 Å². The number of aromatic nitrogens is 1. The van der Waals surface area contributed by atoms with Crippen LogP contribution < -0.4 is 53.0 Å². The summed E-state index contributed by atoms with van der Waals surface area (Å²) in [5, 5.41) is 22.3. The van der Waals surface area contributed by atoms with Crippen LogP contribution in [0.1, 0.15) is 179 Å². The number of nitrogens with zero attached hydrogens (tertiary/aromatic N) is 1. The van der Waals surface area contributed by atoms with Gasteiger partial charge in [-0.2, -0.15) is 0 Å². The number of carbonyl (C=O) groups is 12. The largest absolute Gasteiger partial charge is 0.488 e. The van der Waals surface area contributed by atoms with E-state index in [2.05, 4.69) is 42.5 Å². The summed E-state index contributed by atoms with van der Waals surface area (Å²) in [6.07, 6.45) is -2.31. The van der Waals surface area contributed by atoms with Gasteiger partial charge in [0.05, 0.1) is 23.3 Å². The molecule has 1 aliphatic rings. The Morgan fingerprint density at radius 3 is 1.83 bits per heavy atom. The fourth-order valence-corrected chi connectivity index (χ4v) is 13.4. The second-order valence-corrected chi connectivity index (χ2v) is 33.7. The van der Waals surface area contributed by atoms with E-state index in [1.54, 1.807) is 162 Å². The first kappa shape index (κ1) is 86.9. The van der Waals surface area contributed by atoms with Crippen molar-refractivity contribution in [2.45, 2.75) is 258 Å². The Balaban J connectivity index is 1.78. The highest BCUT2D eigenvalue weighted by atomic mass is 33.1. The number of amides is 9. The molecular weight excluding hydrogens is 1390 g/mol. The van der Waals surface area contributed by atoms with Crippen LogP contribution >= 0.6 is 21.6 Å². The number of ether oxygens (including phenoxy) is 5. The molecule has 1 aliphatic heterocycles. The third-order valence-electron chi connectivity index (χ3n) is 15.8. The molecule has 0 saturated carbocycles. The minimum atomic E-state index is -1.83. The molecule has 27 nitrogen and oxygen atoms in total. The molecule has 9 amide bonds. The highest BCUT2D eigenvalue weighted by molar-refractivity contribution is 8.76. The summed E-state index contributed by atoms with van der Waals surface area (Å²) < 4.78 is 30.6. The maximum atomic E-state index is 15.8. The van der Waals surface area contributed by atoms with Gasteiger partial charge in [0.25, 0.3) is 0 Å². The first-order valence-electron chi connectivity index (χ1n) is 35.6. The predicted octanol–water partition coefficient (Wildman–Crippen LogP) is 8.55. The van der Waals surface area contributed by atoms with Crippen LogP contribution in [0.3, 0.4) is 0 Å². The highest BCUT2D eigenvalue weighted by Crippen LogP contribution is 2.29. The predicted molar refractivity (Wildman–Crippen MR) is 403 cm³/mol. The lowest BCUT2D eigenvalue weighted by atomic mass is 9.90. The minimum Gasteiger partial charge on any atom is -0.488 e. The van der Waals surface area contributed by atoms with E-state index < -0.39 is 160 Å². The zero-order valence-electron chi connectivity index (χ0n) is 63.8. The monoisotopic (exact) mass is 1500 g/mol. The molecular formula is C76H110N10O17S2. The fourth-order valence-electron chi connectivity index (χ4n) is 11.1. The zero-order valence-corrected chi connectivity index (χ0v) is 65.4. The Kier molecular flexibility index (Phi) is 32.3. The molecule has 0 spiro atoms. The molecule has 2 heterocycles. The summed E-state index contributed by atoms with van der Waals surface area (Å²) in [4.78, 5) is 174. The van der Waals surface area contributed by atoms with E-state index in [9.17, 15) is 33.6 Å². The third-order valence-corrected chi connectivity index (χ3v) is 18.2. The number of fused-ring (bicyclic) bond motifs is 1. The molecule has 9 atom stereocenters. The zero-order chi connectivity index (χ0) is 78.4. The van der Waals surface area contributed by atoms with Crippen LogP contribution in [0.15, 0.2) is 85.1 Å². The van der Waals surface area contributed by atoms with Gasteiger partial charge < -0.3 is 72.0 Å². The molecule has 578 valence electrons. The van der Waals surface area contributed by atoms with Gasteiger partial charge >= 0.3 is 18.3 Å². The molecule has 29 heteroatoms. The lowest BCUT2D eigenvalue weighted by molar-refractivity contribution is -0.141. The van der Waals surface area contributed by atoms with E-state index in [0.717, 1.165) is 21.6 Å². The van der Waals surface area contributed by atoms with Gasteiger partial charge in [0.1, 0.15) is 58.4 Å². The van der Waals surface area contributed by atoms with Crippen molar-refractivity contribution >= 4 is 104 Å². The van der Waals surface area contributed by atoms with Gasteiger partial charge in [0.2, 0.25) is 41.4 Å². The standard InChI is InChI=1S/C76H110N10O17S2/c1-18-19-32-58(87)61(62(77)89)85-67(94)56-44-105-104-43-55(81-65(92)53(39-46-27-21-20-22-28-46)83-70(97)102-75(12,13)14)59(88)41-48(38-47-33-35-50(36-34-47)100-73(6,7)8)63(90)80-54(40-49-42-86(71(98)103-76(15,16)17)57-31-24-23-29-51(49)57)66(93)79-52(30-25-26-37-78-69(96)101-74(9,10)11)64(91)84-60(68(95)82-56)45(2)99-72(3,4)5/h20-24,27-29,31,33-36,42,45,48,52-56,60-61H,18-19,25-26,30,32,37-41,43-44H2,1-17H3,(H2,77,89)(H,78,96)(H,79,93)(H,80,90)(H,81,92)(H,82,95)(H,83,97)(H,84,91)(H,85,94)/t45-,48-,52+,53-,54-,55+,56+,60+,61+/m1/s1. The molecule has 1 aromatic heterocycles. The van der Waals surface area contributed by atoms with E-state index in [0.29, 0.717) is 46.2 Å². The molecule has 1 fully saturated rings. The van der Waals surface area contributed by atoms with Crippen molar-refractivity contribution in [3.63, 3.8) is 0 Å². The number of unbranched alkanes of at least 4 members (excludes halogenated alkanes) is 2. The summed E-state index contributed by atoms with van der Waals surface area (Å²) in [6.45, 7) is 29.3. The maximum Gasteiger partial charge on any atom is 0.419 e. The second kappa shape index (κ2) is 39.1. The number of primary amides is 1. The van der Waals surface area contributed by atoms with Gasteiger partial charge in [-0.15, -0.1) is 0 Å². The molecule has 5 rings (SSSR count). The number of Topliss-reactive ketones (excluding diaryl/α,β-unsaturated/α-hetero) is 2. The van der Waals surface area contributed by atoms with Crippen molar-refractivity contribution in [1.29, 1.82) is 0 Å². The molecule has 0 unspecified atom stereocenters. The quantitative estimate of drug-likeness (QED) is 0.0137. The van der Waals surface area contributed by atoms with Gasteiger partial charge in [-0.3, -0.25) is 47.7 Å². The molecule has 1 saturated heterocycles. The van der Waals surface area contributed by atoms with Crippen molar-refractivity contribution in [2.75, 3.05) is 18.1 Å². The van der Waals surface area contributed by atoms with E-state index in [-0.39, 0.29) is 63.0 Å². The third kappa shape index (κ3) is 30.7. The summed E-state index contributed by atoms with van der Waals surface area (Å²) >= 11 is 0. The van der Waals surface area contributed by atoms with Crippen LogP contribution in [-0.2, 0) is 81.4 Å². The fraction of sp³-hybridized carbons (Fsp3) is 0.579. The molecule has 0 aliphatic carbocycles. The van der Waals surface area contributed by atoms with Crippen molar-refractivity contribution < 1.29 is 81.2 Å². The van der Waals surface area contributed by atoms with Crippen LogP contribution in [0.25, 0.3) is 10.9 Å². The average molecular weight is 1500 g/mol. The lowest BCUT2D eigenvalue weighted by Crippen LogP contribution is -2.62. The van der Waals surface area contributed by atoms with E-state index in [1.807, 2.05) is 27.7 Å². The second-order valence-electron chi connectivity index (χ2n) is 31.1. The number of hydrogen-bond acceptors (Lipinski definition) is 19. The summed E-state index contributed by atoms with van der Waals surface area (Å²) in [7, 11) is 1.90. The van der Waals surface area contributed by atoms with Gasteiger partial charge in [-0.05, 0) is 178 Å². The normalized spacial score (nSPS) is 19.5. The number of benzene rings is 3. The summed E-state index contributed by atoms with van der Waals surface area (Å²) in [5.41, 5.74) is 3.34. The highest BCUT2D eigenvalue weighted by Gasteiger charge is 2.40. The van der Waals surface area contributed by atoms with Crippen LogP contribution in [-0.4, -0.2) is 170 Å². The number of alkyl carbamates (subject to hydrolysis) is 2. The molecule has 4 aromatic rings. The Bertz CT molecular complexity index is 3670. The van der Waals surface area contributed by atoms with Crippen LogP contribution in [0.5, 0.6) is 5.75 Å². The summed E-state index contributed by atoms with van der Waals surface area (Å²) in [6, 6.07) is 11.2. The van der Waals surface area contributed by atoms with E-state index in [4.69, 9.17) is 29.4 Å². The minimum absolute atomic E-state index is 0.0634. The Labute approximate surface area is 624 Å². The van der Waals surface area contributed by atoms with Crippen LogP contribution in [0.4, 0.5) is 14.4 Å². The number of hydrogen-bond donors (Lipinski definition) is 9. The van der Waals surface area contributed by atoms with Crippen molar-refractivity contribution in [3.05, 3.63) is 102 Å². The van der Waals surface area contributed by atoms with Gasteiger partial charge in [-0.25, -0.2) is 14.4 Å². The molecule has 105 heavy (non-hydrogen) atoms. The number of nitrogens with two attached hydrogens (primary N) is 1. The molecule has 0 bridgehead atoms. The first-order chi connectivity index (χ1) is 48.9. The number of para-hydroxylation sites is 1. The van der Waals surface area contributed by atoms with Crippen LogP contribution in [0, 0.1) is 5.92 Å². The average Bonchev–Trinajstić information content (AvgIpc) is 1.64. The van der Waals surface area contributed by atoms with Gasteiger partial charge in [0.15, 0.2) is 17.6 Å². The van der Waals surface area contributed by atoms with Gasteiger partial charge in [-0.1, -0.05) is 95.6 Å². The Hall–Kier alpha value is -8.70. The number of nitrogens with one attached hydrogen (secondary N) is 8. The first-order valence-corrected chi connectivity index (χ1v) is 38.1. The molecule has 0 radical (unpaired) electrons. The maximum absolute atomic E-state index is 15.8.